The van der Waals surface area contributed by atoms with Crippen LogP contribution in [-0.4, -0.2) is 26.8 Å². The van der Waals surface area contributed by atoms with Gasteiger partial charge in [-0.05, 0) is 23.9 Å². The minimum absolute atomic E-state index is 0.130. The fourth-order valence-electron chi connectivity index (χ4n) is 1.62. The van der Waals surface area contributed by atoms with Gasteiger partial charge in [0.1, 0.15) is 4.88 Å². The van der Waals surface area contributed by atoms with Crippen molar-refractivity contribution in [2.24, 2.45) is 7.05 Å². The quantitative estimate of drug-likeness (QED) is 0.845. The number of carboxylic acids is 1. The number of amides is 1. The van der Waals surface area contributed by atoms with Crippen LogP contribution in [0.4, 0.5) is 5.69 Å². The molecule has 2 heterocycles. The lowest BCUT2D eigenvalue weighted by molar-refractivity contribution is -0.111. The summed E-state index contributed by atoms with van der Waals surface area (Å²) < 4.78 is 1.63. The summed E-state index contributed by atoms with van der Waals surface area (Å²) in [6.07, 6.45) is 6.36. The van der Waals surface area contributed by atoms with Crippen LogP contribution in [0.3, 0.4) is 0 Å². The van der Waals surface area contributed by atoms with Gasteiger partial charge in [0, 0.05) is 24.9 Å². The van der Waals surface area contributed by atoms with E-state index < -0.39 is 5.97 Å². The van der Waals surface area contributed by atoms with Crippen molar-refractivity contribution in [2.45, 2.75) is 6.92 Å². The minimum Gasteiger partial charge on any atom is -0.477 e. The van der Waals surface area contributed by atoms with Gasteiger partial charge in [-0.3, -0.25) is 9.48 Å². The van der Waals surface area contributed by atoms with Crippen LogP contribution in [0, 0.1) is 6.92 Å². The van der Waals surface area contributed by atoms with Gasteiger partial charge in [0.25, 0.3) is 0 Å². The molecule has 2 aromatic rings. The number of aromatic nitrogens is 2. The first kappa shape index (κ1) is 14.0. The summed E-state index contributed by atoms with van der Waals surface area (Å²) in [5.74, 6) is -1.42. The van der Waals surface area contributed by atoms with E-state index in [0.717, 1.165) is 22.5 Å². The molecule has 2 aromatic heterocycles. The van der Waals surface area contributed by atoms with Crippen LogP contribution in [0.1, 0.15) is 20.8 Å². The molecule has 104 valence electrons. The molecule has 0 spiro atoms. The molecule has 0 aliphatic rings. The molecular weight excluding hydrogens is 278 g/mol. The molecule has 2 N–H and O–H groups in total. The Balaban J connectivity index is 2.10. The molecule has 1 amide bonds. The van der Waals surface area contributed by atoms with Gasteiger partial charge in [-0.25, -0.2) is 4.79 Å². The standard InChI is InChI=1S/C13H13N3O3S/c1-8-7-20-12(13(18)19)11(8)15-10(17)4-3-9-5-14-16(2)6-9/h3-7H,1-2H3,(H,15,17)(H,18,19)/b4-3+. The van der Waals surface area contributed by atoms with Crippen molar-refractivity contribution in [1.82, 2.24) is 9.78 Å². The Morgan fingerprint density at radius 3 is 2.85 bits per heavy atom. The number of hydrogen-bond donors (Lipinski definition) is 2. The Hall–Kier alpha value is -2.41. The zero-order valence-corrected chi connectivity index (χ0v) is 11.8. The van der Waals surface area contributed by atoms with Crippen LogP contribution in [0.2, 0.25) is 0 Å². The Morgan fingerprint density at radius 1 is 1.50 bits per heavy atom. The zero-order chi connectivity index (χ0) is 14.7. The third-order valence-corrected chi connectivity index (χ3v) is 3.66. The van der Waals surface area contributed by atoms with Crippen molar-refractivity contribution in [2.75, 3.05) is 5.32 Å². The summed E-state index contributed by atoms with van der Waals surface area (Å²) in [6, 6.07) is 0. The first-order valence-corrected chi connectivity index (χ1v) is 6.64. The van der Waals surface area contributed by atoms with Gasteiger partial charge >= 0.3 is 5.97 Å². The highest BCUT2D eigenvalue weighted by Gasteiger charge is 2.16. The molecule has 0 aliphatic heterocycles. The average Bonchev–Trinajstić information content (AvgIpc) is 2.94. The molecule has 0 unspecified atom stereocenters. The van der Waals surface area contributed by atoms with Gasteiger partial charge in [-0.15, -0.1) is 11.3 Å². The zero-order valence-electron chi connectivity index (χ0n) is 11.0. The van der Waals surface area contributed by atoms with E-state index >= 15 is 0 Å². The molecule has 0 aromatic carbocycles. The normalized spacial score (nSPS) is 10.9. The van der Waals surface area contributed by atoms with E-state index in [4.69, 9.17) is 5.11 Å². The van der Waals surface area contributed by atoms with Crippen LogP contribution in [0.15, 0.2) is 23.8 Å². The van der Waals surface area contributed by atoms with E-state index in [1.54, 1.807) is 42.5 Å². The molecule has 7 heteroatoms. The lowest BCUT2D eigenvalue weighted by Crippen LogP contribution is -2.11. The first-order chi connectivity index (χ1) is 9.47. The number of rotatable bonds is 4. The average molecular weight is 291 g/mol. The van der Waals surface area contributed by atoms with Crippen molar-refractivity contribution >= 4 is 35.0 Å². The van der Waals surface area contributed by atoms with E-state index in [0.29, 0.717) is 5.69 Å². The SMILES string of the molecule is Cc1csc(C(=O)O)c1NC(=O)/C=C/c1cnn(C)c1. The summed E-state index contributed by atoms with van der Waals surface area (Å²) in [6.45, 7) is 1.75. The Bertz CT molecular complexity index is 685. The van der Waals surface area contributed by atoms with Gasteiger partial charge in [-0.2, -0.15) is 5.10 Å². The van der Waals surface area contributed by atoms with Gasteiger partial charge in [0.2, 0.25) is 5.91 Å². The fourth-order valence-corrected chi connectivity index (χ4v) is 2.46. The Labute approximate surface area is 119 Å². The molecule has 0 aliphatic carbocycles. The summed E-state index contributed by atoms with van der Waals surface area (Å²) >= 11 is 1.09. The molecule has 0 fully saturated rings. The van der Waals surface area contributed by atoms with E-state index in [1.165, 1.54) is 6.08 Å². The van der Waals surface area contributed by atoms with Gasteiger partial charge in [-0.1, -0.05) is 0 Å². The lowest BCUT2D eigenvalue weighted by atomic mass is 10.2. The number of nitrogens with one attached hydrogen (secondary N) is 1. The Kier molecular flexibility index (Phi) is 3.99. The summed E-state index contributed by atoms with van der Waals surface area (Å²) in [5, 5.41) is 17.3. The van der Waals surface area contributed by atoms with Crippen molar-refractivity contribution in [1.29, 1.82) is 0 Å². The number of aryl methyl sites for hydroxylation is 2. The van der Waals surface area contributed by atoms with Gasteiger partial charge < -0.3 is 10.4 Å². The van der Waals surface area contributed by atoms with Crippen LogP contribution in [0.25, 0.3) is 6.08 Å². The highest BCUT2D eigenvalue weighted by molar-refractivity contribution is 7.12. The predicted molar refractivity (Wildman–Crippen MR) is 76.9 cm³/mol. The number of nitrogens with zero attached hydrogens (tertiary/aromatic N) is 2. The van der Waals surface area contributed by atoms with Crippen LogP contribution in [-0.2, 0) is 11.8 Å². The smallest absolute Gasteiger partial charge is 0.348 e. The second-order valence-corrected chi connectivity index (χ2v) is 5.08. The highest BCUT2D eigenvalue weighted by Crippen LogP contribution is 2.27. The van der Waals surface area contributed by atoms with Gasteiger partial charge in [0.15, 0.2) is 0 Å². The molecule has 0 atom stereocenters. The van der Waals surface area contributed by atoms with Crippen molar-refractivity contribution in [3.05, 3.63) is 39.9 Å². The topological polar surface area (TPSA) is 84.2 Å². The predicted octanol–water partition coefficient (Wildman–Crippen LogP) is 2.14. The molecular formula is C13H13N3O3S. The van der Waals surface area contributed by atoms with E-state index in [1.807, 2.05) is 0 Å². The van der Waals surface area contributed by atoms with Crippen molar-refractivity contribution in [3.63, 3.8) is 0 Å². The number of thiophene rings is 1. The van der Waals surface area contributed by atoms with Crippen molar-refractivity contribution < 1.29 is 14.7 Å². The van der Waals surface area contributed by atoms with Crippen LogP contribution >= 0.6 is 11.3 Å². The number of aromatic carboxylic acids is 1. The lowest BCUT2D eigenvalue weighted by Gasteiger charge is -2.02. The molecule has 6 nitrogen and oxygen atoms in total. The second kappa shape index (κ2) is 5.70. The summed E-state index contributed by atoms with van der Waals surface area (Å²) in [4.78, 5) is 23.0. The first-order valence-electron chi connectivity index (χ1n) is 5.76. The number of anilines is 1. The maximum atomic E-state index is 11.8. The highest BCUT2D eigenvalue weighted by atomic mass is 32.1. The van der Waals surface area contributed by atoms with Crippen molar-refractivity contribution in [3.8, 4) is 0 Å². The number of carbonyl (C=O) groups is 2. The molecule has 2 rings (SSSR count). The minimum atomic E-state index is -1.05. The third kappa shape index (κ3) is 3.12. The van der Waals surface area contributed by atoms with Gasteiger partial charge in [0.05, 0.1) is 11.9 Å². The third-order valence-electron chi connectivity index (χ3n) is 2.57. The number of hydrogen-bond acceptors (Lipinski definition) is 4. The van der Waals surface area contributed by atoms with E-state index in [-0.39, 0.29) is 10.8 Å². The number of carboxylic acid groups (broad SMARTS) is 1. The van der Waals surface area contributed by atoms with E-state index in [2.05, 4.69) is 10.4 Å². The maximum absolute atomic E-state index is 11.8. The molecule has 0 bridgehead atoms. The largest absolute Gasteiger partial charge is 0.477 e. The molecule has 0 radical (unpaired) electrons. The molecule has 0 saturated carbocycles. The summed E-state index contributed by atoms with van der Waals surface area (Å²) in [7, 11) is 1.78. The van der Waals surface area contributed by atoms with Crippen LogP contribution in [0.5, 0.6) is 0 Å². The molecule has 20 heavy (non-hydrogen) atoms. The van der Waals surface area contributed by atoms with Crippen LogP contribution < -0.4 is 5.32 Å². The van der Waals surface area contributed by atoms with E-state index in [9.17, 15) is 9.59 Å². The number of carbonyl (C=O) groups excluding carboxylic acids is 1. The Morgan fingerprint density at radius 2 is 2.25 bits per heavy atom. The molecule has 0 saturated heterocycles. The maximum Gasteiger partial charge on any atom is 0.348 e. The fraction of sp³-hybridized carbons (Fsp3) is 0.154. The monoisotopic (exact) mass is 291 g/mol. The second-order valence-electron chi connectivity index (χ2n) is 4.20. The summed E-state index contributed by atoms with van der Waals surface area (Å²) in [5.41, 5.74) is 1.88.